The van der Waals surface area contributed by atoms with Crippen molar-refractivity contribution in [2.24, 2.45) is 0 Å². The lowest BCUT2D eigenvalue weighted by atomic mass is 10.0. The van der Waals surface area contributed by atoms with Crippen LogP contribution in [0.4, 0.5) is 0 Å². The molecule has 2 rings (SSSR count). The fourth-order valence-corrected chi connectivity index (χ4v) is 1.87. The molecule has 0 radical (unpaired) electrons. The second-order valence-electron chi connectivity index (χ2n) is 4.07. The first-order valence-electron chi connectivity index (χ1n) is 5.46. The molecule has 1 aromatic carbocycles. The van der Waals surface area contributed by atoms with E-state index in [0.717, 1.165) is 28.1 Å². The van der Waals surface area contributed by atoms with E-state index in [1.165, 1.54) is 0 Å². The van der Waals surface area contributed by atoms with Crippen molar-refractivity contribution in [2.45, 2.75) is 20.5 Å². The number of hydrogen-bond acceptors (Lipinski definition) is 3. The number of H-pyrrole nitrogens is 1. The van der Waals surface area contributed by atoms with Gasteiger partial charge < -0.3 is 9.84 Å². The number of aliphatic hydroxyl groups excluding tert-OH is 1. The monoisotopic (exact) mass is 232 g/mol. The SMILES string of the molecule is COc1cc(C)c(-c2cc(CO)[nH]n2)cc1C. The minimum atomic E-state index is -0.0266. The largest absolute Gasteiger partial charge is 0.496 e. The molecule has 4 heteroatoms. The van der Waals surface area contributed by atoms with Gasteiger partial charge in [0.1, 0.15) is 5.75 Å². The molecule has 2 aromatic rings. The quantitative estimate of drug-likeness (QED) is 0.852. The third-order valence-electron chi connectivity index (χ3n) is 2.82. The van der Waals surface area contributed by atoms with Crippen LogP contribution in [0.5, 0.6) is 5.75 Å². The van der Waals surface area contributed by atoms with Crippen molar-refractivity contribution in [3.8, 4) is 17.0 Å². The van der Waals surface area contributed by atoms with Crippen molar-refractivity contribution in [1.82, 2.24) is 10.2 Å². The van der Waals surface area contributed by atoms with E-state index in [-0.39, 0.29) is 6.61 Å². The number of methoxy groups -OCH3 is 1. The van der Waals surface area contributed by atoms with E-state index in [1.807, 2.05) is 32.0 Å². The first-order chi connectivity index (χ1) is 8.15. The summed E-state index contributed by atoms with van der Waals surface area (Å²) >= 11 is 0. The Hall–Kier alpha value is -1.81. The molecule has 0 spiro atoms. The van der Waals surface area contributed by atoms with Crippen LogP contribution >= 0.6 is 0 Å². The van der Waals surface area contributed by atoms with Gasteiger partial charge in [0.05, 0.1) is 25.1 Å². The number of aromatic nitrogens is 2. The average Bonchev–Trinajstić information content (AvgIpc) is 2.80. The number of hydrogen-bond donors (Lipinski definition) is 2. The van der Waals surface area contributed by atoms with Crippen LogP contribution < -0.4 is 4.74 Å². The van der Waals surface area contributed by atoms with Crippen LogP contribution in [0, 0.1) is 13.8 Å². The van der Waals surface area contributed by atoms with E-state index < -0.39 is 0 Å². The zero-order valence-corrected chi connectivity index (χ0v) is 10.2. The van der Waals surface area contributed by atoms with E-state index in [0.29, 0.717) is 5.69 Å². The molecule has 2 N–H and O–H groups in total. The second kappa shape index (κ2) is 4.59. The first-order valence-corrected chi connectivity index (χ1v) is 5.46. The Morgan fingerprint density at radius 3 is 2.59 bits per heavy atom. The lowest BCUT2D eigenvalue weighted by Crippen LogP contribution is -1.91. The van der Waals surface area contributed by atoms with E-state index in [4.69, 9.17) is 9.84 Å². The van der Waals surface area contributed by atoms with E-state index in [9.17, 15) is 0 Å². The second-order valence-corrected chi connectivity index (χ2v) is 4.07. The molecule has 0 aliphatic rings. The number of aryl methyl sites for hydroxylation is 2. The van der Waals surface area contributed by atoms with Crippen LogP contribution in [0.25, 0.3) is 11.3 Å². The molecule has 0 bridgehead atoms. The first kappa shape index (κ1) is 11.7. The summed E-state index contributed by atoms with van der Waals surface area (Å²) in [6.07, 6.45) is 0. The number of aliphatic hydroxyl groups is 1. The summed E-state index contributed by atoms with van der Waals surface area (Å²) in [7, 11) is 1.67. The predicted molar refractivity (Wildman–Crippen MR) is 66.0 cm³/mol. The van der Waals surface area contributed by atoms with Crippen LogP contribution in [0.1, 0.15) is 16.8 Å². The summed E-state index contributed by atoms with van der Waals surface area (Å²) in [5.41, 5.74) is 4.79. The summed E-state index contributed by atoms with van der Waals surface area (Å²) in [6, 6.07) is 5.90. The number of benzene rings is 1. The lowest BCUT2D eigenvalue weighted by molar-refractivity contribution is 0.276. The molecule has 0 atom stereocenters. The van der Waals surface area contributed by atoms with Crippen LogP contribution in [0.2, 0.25) is 0 Å². The van der Waals surface area contributed by atoms with Crippen molar-refractivity contribution in [1.29, 1.82) is 0 Å². The zero-order chi connectivity index (χ0) is 12.4. The Balaban J connectivity index is 2.48. The predicted octanol–water partition coefficient (Wildman–Crippen LogP) is 2.19. The number of nitrogens with one attached hydrogen (secondary N) is 1. The Labute approximate surface area is 100 Å². The highest BCUT2D eigenvalue weighted by atomic mass is 16.5. The van der Waals surface area contributed by atoms with Crippen molar-refractivity contribution >= 4 is 0 Å². The lowest BCUT2D eigenvalue weighted by Gasteiger charge is -2.09. The van der Waals surface area contributed by atoms with Crippen LogP contribution in [-0.2, 0) is 6.61 Å². The number of nitrogens with zero attached hydrogens (tertiary/aromatic N) is 1. The normalized spacial score (nSPS) is 10.6. The Morgan fingerprint density at radius 1 is 1.24 bits per heavy atom. The Morgan fingerprint density at radius 2 is 2.00 bits per heavy atom. The molecule has 0 saturated carbocycles. The molecular formula is C13H16N2O2. The molecule has 0 saturated heterocycles. The maximum absolute atomic E-state index is 9.01. The molecule has 17 heavy (non-hydrogen) atoms. The van der Waals surface area contributed by atoms with Gasteiger partial charge >= 0.3 is 0 Å². The molecular weight excluding hydrogens is 216 g/mol. The fourth-order valence-electron chi connectivity index (χ4n) is 1.87. The molecule has 4 nitrogen and oxygen atoms in total. The third-order valence-corrected chi connectivity index (χ3v) is 2.82. The van der Waals surface area contributed by atoms with Gasteiger partial charge in [-0.2, -0.15) is 5.10 Å². The van der Waals surface area contributed by atoms with Crippen LogP contribution in [0.15, 0.2) is 18.2 Å². The molecule has 1 heterocycles. The van der Waals surface area contributed by atoms with Crippen LogP contribution in [0.3, 0.4) is 0 Å². The topological polar surface area (TPSA) is 58.1 Å². The van der Waals surface area contributed by atoms with Gasteiger partial charge in [-0.3, -0.25) is 5.10 Å². The van der Waals surface area contributed by atoms with Gasteiger partial charge in [0.15, 0.2) is 0 Å². The van der Waals surface area contributed by atoms with Gasteiger partial charge in [0, 0.05) is 5.56 Å². The van der Waals surface area contributed by atoms with Crippen molar-refractivity contribution in [3.63, 3.8) is 0 Å². The summed E-state index contributed by atoms with van der Waals surface area (Å²) in [5.74, 6) is 0.879. The minimum Gasteiger partial charge on any atom is -0.496 e. The van der Waals surface area contributed by atoms with E-state index in [1.54, 1.807) is 7.11 Å². The van der Waals surface area contributed by atoms with Crippen molar-refractivity contribution in [3.05, 3.63) is 35.0 Å². The summed E-state index contributed by atoms with van der Waals surface area (Å²) in [5, 5.41) is 16.0. The highest BCUT2D eigenvalue weighted by molar-refractivity contribution is 5.66. The highest BCUT2D eigenvalue weighted by Crippen LogP contribution is 2.29. The van der Waals surface area contributed by atoms with Gasteiger partial charge in [-0.25, -0.2) is 0 Å². The van der Waals surface area contributed by atoms with Crippen LogP contribution in [-0.4, -0.2) is 22.4 Å². The zero-order valence-electron chi connectivity index (χ0n) is 10.2. The summed E-state index contributed by atoms with van der Waals surface area (Å²) < 4.78 is 5.27. The summed E-state index contributed by atoms with van der Waals surface area (Å²) in [6.45, 7) is 3.99. The maximum atomic E-state index is 9.01. The van der Waals surface area contributed by atoms with Gasteiger partial charge in [-0.15, -0.1) is 0 Å². The van der Waals surface area contributed by atoms with Gasteiger partial charge in [-0.1, -0.05) is 0 Å². The number of aromatic amines is 1. The van der Waals surface area contributed by atoms with Gasteiger partial charge in [0.25, 0.3) is 0 Å². The number of ether oxygens (including phenoxy) is 1. The number of rotatable bonds is 3. The molecule has 1 aromatic heterocycles. The summed E-state index contributed by atoms with van der Waals surface area (Å²) in [4.78, 5) is 0. The van der Waals surface area contributed by atoms with Gasteiger partial charge in [0.2, 0.25) is 0 Å². The minimum absolute atomic E-state index is 0.0266. The molecule has 0 aliphatic heterocycles. The Kier molecular flexibility index (Phi) is 3.15. The van der Waals surface area contributed by atoms with Crippen molar-refractivity contribution in [2.75, 3.05) is 7.11 Å². The maximum Gasteiger partial charge on any atom is 0.122 e. The highest BCUT2D eigenvalue weighted by Gasteiger charge is 2.09. The molecule has 0 amide bonds. The van der Waals surface area contributed by atoms with E-state index >= 15 is 0 Å². The molecule has 0 fully saturated rings. The Bertz CT molecular complexity index is 532. The van der Waals surface area contributed by atoms with Gasteiger partial charge in [-0.05, 0) is 43.2 Å². The average molecular weight is 232 g/mol. The molecule has 0 aliphatic carbocycles. The van der Waals surface area contributed by atoms with E-state index in [2.05, 4.69) is 10.2 Å². The standard InChI is InChI=1S/C13H16N2O2/c1-8-5-13(17-3)9(2)4-11(8)12-6-10(7-16)14-15-12/h4-6,16H,7H2,1-3H3,(H,14,15). The van der Waals surface area contributed by atoms with Crippen molar-refractivity contribution < 1.29 is 9.84 Å². The fraction of sp³-hybridized carbons (Fsp3) is 0.308. The molecule has 0 unspecified atom stereocenters. The molecule has 90 valence electrons. The smallest absolute Gasteiger partial charge is 0.122 e. The third kappa shape index (κ3) is 2.17.